The van der Waals surface area contributed by atoms with Crippen LogP contribution in [0.2, 0.25) is 0 Å². The van der Waals surface area contributed by atoms with Crippen molar-refractivity contribution in [2.24, 2.45) is 0 Å². The Labute approximate surface area is 129 Å². The zero-order valence-electron chi connectivity index (χ0n) is 11.7. The second kappa shape index (κ2) is 7.28. The number of nitrogens with one attached hydrogen (secondary N) is 1. The van der Waals surface area contributed by atoms with Crippen molar-refractivity contribution in [1.82, 2.24) is 9.69 Å². The largest absolute Gasteiger partial charge is 0.491 e. The third kappa shape index (κ3) is 4.22. The molecular weight excluding hydrogens is 314 g/mol. The lowest BCUT2D eigenvalue weighted by atomic mass is 10.2. The van der Waals surface area contributed by atoms with Gasteiger partial charge < -0.3 is 15.2 Å². The third-order valence-electron chi connectivity index (χ3n) is 2.83. The molecule has 2 aromatic rings. The number of carbonyl (C=O) groups excluding carboxylic acids is 1. The van der Waals surface area contributed by atoms with E-state index in [4.69, 9.17) is 4.74 Å². The zero-order valence-corrected chi connectivity index (χ0v) is 12.5. The zero-order chi connectivity index (χ0) is 16.1. The molecule has 2 N–H and O–H groups in total. The van der Waals surface area contributed by atoms with Crippen molar-refractivity contribution in [3.63, 3.8) is 0 Å². The Kier molecular flexibility index (Phi) is 5.40. The van der Waals surface area contributed by atoms with Crippen LogP contribution in [0.1, 0.15) is 16.1 Å². The van der Waals surface area contributed by atoms with Crippen LogP contribution in [0, 0.1) is 18.6 Å². The Bertz CT molecular complexity index is 663. The van der Waals surface area contributed by atoms with Gasteiger partial charge in [0, 0.05) is 18.0 Å². The monoisotopic (exact) mass is 328 g/mol. The Balaban J connectivity index is 1.78. The first-order chi connectivity index (χ1) is 10.5. The number of aromatic nitrogens is 1. The molecule has 0 saturated heterocycles. The maximum Gasteiger partial charge on any atom is 0.254 e. The third-order valence-corrected chi connectivity index (χ3v) is 3.55. The van der Waals surface area contributed by atoms with Gasteiger partial charge in [-0.25, -0.2) is 8.78 Å². The summed E-state index contributed by atoms with van der Waals surface area (Å²) < 4.78 is 34.8. The molecule has 2 rings (SSSR count). The van der Waals surface area contributed by atoms with Crippen molar-refractivity contribution >= 4 is 17.4 Å². The molecule has 8 heteroatoms. The van der Waals surface area contributed by atoms with E-state index in [-0.39, 0.29) is 24.8 Å². The van der Waals surface area contributed by atoms with Gasteiger partial charge in [-0.15, -0.1) is 0 Å². The Hall–Kier alpha value is -2.06. The summed E-state index contributed by atoms with van der Waals surface area (Å²) in [7, 11) is 0. The van der Waals surface area contributed by atoms with Gasteiger partial charge in [-0.05, 0) is 30.6 Å². The van der Waals surface area contributed by atoms with Gasteiger partial charge in [-0.1, -0.05) is 0 Å². The van der Waals surface area contributed by atoms with E-state index < -0.39 is 17.7 Å². The second-order valence-corrected chi connectivity index (χ2v) is 5.19. The minimum absolute atomic E-state index is 0.0300. The predicted octanol–water partition coefficient (Wildman–Crippen LogP) is 1.90. The van der Waals surface area contributed by atoms with Crippen molar-refractivity contribution < 1.29 is 23.4 Å². The topological polar surface area (TPSA) is 71.5 Å². The number of ether oxygens (including phenoxy) is 1. The highest BCUT2D eigenvalue weighted by atomic mass is 32.1. The molecule has 0 radical (unpaired) electrons. The van der Waals surface area contributed by atoms with Crippen molar-refractivity contribution in [1.29, 1.82) is 0 Å². The molecule has 1 unspecified atom stereocenters. The molecule has 22 heavy (non-hydrogen) atoms. The number of halogens is 2. The molecule has 0 bridgehead atoms. The fourth-order valence-corrected chi connectivity index (χ4v) is 2.33. The first-order valence-corrected chi connectivity index (χ1v) is 7.26. The number of aryl methyl sites for hydroxylation is 1. The van der Waals surface area contributed by atoms with Crippen LogP contribution in [-0.2, 0) is 0 Å². The summed E-state index contributed by atoms with van der Waals surface area (Å²) in [5.74, 6) is -2.24. The van der Waals surface area contributed by atoms with E-state index in [0.717, 1.165) is 12.1 Å². The molecule has 1 aromatic carbocycles. The highest BCUT2D eigenvalue weighted by Crippen LogP contribution is 2.15. The van der Waals surface area contributed by atoms with Crippen molar-refractivity contribution in [3.05, 3.63) is 46.5 Å². The first-order valence-electron chi connectivity index (χ1n) is 6.42. The molecule has 0 aliphatic carbocycles. The molecule has 1 heterocycles. The molecule has 1 amide bonds. The van der Waals surface area contributed by atoms with Crippen LogP contribution < -0.4 is 10.1 Å². The summed E-state index contributed by atoms with van der Waals surface area (Å²) in [5, 5.41) is 13.9. The van der Waals surface area contributed by atoms with Crippen LogP contribution >= 0.6 is 11.5 Å². The van der Waals surface area contributed by atoms with Gasteiger partial charge in [0.05, 0.1) is 11.3 Å². The Morgan fingerprint density at radius 2 is 2.23 bits per heavy atom. The average Bonchev–Trinajstić information content (AvgIpc) is 2.92. The van der Waals surface area contributed by atoms with Gasteiger partial charge >= 0.3 is 0 Å². The fourth-order valence-electron chi connectivity index (χ4n) is 1.63. The van der Waals surface area contributed by atoms with Crippen LogP contribution in [0.3, 0.4) is 0 Å². The maximum absolute atomic E-state index is 13.0. The SMILES string of the molecule is Cc1nscc1C(=O)NCC(O)COc1ccc(F)c(F)c1. The number of hydrogen-bond donors (Lipinski definition) is 2. The molecule has 0 fully saturated rings. The van der Waals surface area contributed by atoms with E-state index in [0.29, 0.717) is 11.3 Å². The van der Waals surface area contributed by atoms with Gasteiger partial charge in [-0.2, -0.15) is 4.37 Å². The van der Waals surface area contributed by atoms with E-state index in [1.807, 2.05) is 0 Å². The number of aliphatic hydroxyl groups is 1. The van der Waals surface area contributed by atoms with E-state index in [9.17, 15) is 18.7 Å². The summed E-state index contributed by atoms with van der Waals surface area (Å²) in [6.07, 6.45) is -0.982. The Morgan fingerprint density at radius 1 is 1.45 bits per heavy atom. The number of rotatable bonds is 6. The van der Waals surface area contributed by atoms with Crippen molar-refractivity contribution in [2.45, 2.75) is 13.0 Å². The maximum atomic E-state index is 13.0. The van der Waals surface area contributed by atoms with Gasteiger partial charge in [0.1, 0.15) is 18.5 Å². The lowest BCUT2D eigenvalue weighted by molar-refractivity contribution is 0.0843. The van der Waals surface area contributed by atoms with Gasteiger partial charge in [0.25, 0.3) is 5.91 Å². The number of nitrogens with zero attached hydrogens (tertiary/aromatic N) is 1. The highest BCUT2D eigenvalue weighted by Gasteiger charge is 2.13. The van der Waals surface area contributed by atoms with Crippen LogP contribution in [0.4, 0.5) is 8.78 Å². The molecule has 5 nitrogen and oxygen atoms in total. The molecule has 1 atom stereocenters. The van der Waals surface area contributed by atoms with Crippen LogP contribution in [0.5, 0.6) is 5.75 Å². The summed E-state index contributed by atoms with van der Waals surface area (Å²) in [5.41, 5.74) is 1.08. The number of benzene rings is 1. The summed E-state index contributed by atoms with van der Waals surface area (Å²) in [6.45, 7) is 1.53. The molecule has 0 aliphatic rings. The van der Waals surface area contributed by atoms with Crippen LogP contribution in [0.25, 0.3) is 0 Å². The first kappa shape index (κ1) is 16.3. The Morgan fingerprint density at radius 3 is 2.86 bits per heavy atom. The van der Waals surface area contributed by atoms with Crippen LogP contribution in [0.15, 0.2) is 23.6 Å². The summed E-state index contributed by atoms with van der Waals surface area (Å²) in [4.78, 5) is 11.8. The number of carbonyl (C=O) groups is 1. The van der Waals surface area contributed by atoms with Gasteiger partial charge in [-0.3, -0.25) is 4.79 Å². The number of hydrogen-bond acceptors (Lipinski definition) is 5. The predicted molar refractivity (Wildman–Crippen MR) is 77.0 cm³/mol. The number of amides is 1. The van der Waals surface area contributed by atoms with E-state index in [2.05, 4.69) is 9.69 Å². The molecule has 0 saturated carbocycles. The van der Waals surface area contributed by atoms with Crippen molar-refractivity contribution in [3.8, 4) is 5.75 Å². The smallest absolute Gasteiger partial charge is 0.254 e. The lowest BCUT2D eigenvalue weighted by Crippen LogP contribution is -2.35. The quantitative estimate of drug-likeness (QED) is 0.850. The molecule has 118 valence electrons. The summed E-state index contributed by atoms with van der Waals surface area (Å²) in [6, 6.07) is 3.08. The summed E-state index contributed by atoms with van der Waals surface area (Å²) >= 11 is 1.17. The minimum atomic E-state index is -1.03. The van der Waals surface area contributed by atoms with Gasteiger partial charge in [0.15, 0.2) is 11.6 Å². The van der Waals surface area contributed by atoms with Gasteiger partial charge in [0.2, 0.25) is 0 Å². The number of aliphatic hydroxyl groups excluding tert-OH is 1. The molecular formula is C14H14F2N2O3S. The molecule has 0 spiro atoms. The fraction of sp³-hybridized carbons (Fsp3) is 0.286. The lowest BCUT2D eigenvalue weighted by Gasteiger charge is -2.13. The van der Waals surface area contributed by atoms with E-state index in [1.165, 1.54) is 17.6 Å². The van der Waals surface area contributed by atoms with Crippen molar-refractivity contribution in [2.75, 3.05) is 13.2 Å². The molecule has 0 aliphatic heterocycles. The van der Waals surface area contributed by atoms with E-state index in [1.54, 1.807) is 12.3 Å². The normalized spacial score (nSPS) is 12.0. The average molecular weight is 328 g/mol. The highest BCUT2D eigenvalue weighted by molar-refractivity contribution is 7.03. The second-order valence-electron chi connectivity index (χ2n) is 4.56. The minimum Gasteiger partial charge on any atom is -0.491 e. The standard InChI is InChI=1S/C14H14F2N2O3S/c1-8-11(7-22-18-8)14(20)17-5-9(19)6-21-10-2-3-12(15)13(16)4-10/h2-4,7,9,19H,5-6H2,1H3,(H,17,20). The van der Waals surface area contributed by atoms with Crippen LogP contribution in [-0.4, -0.2) is 34.6 Å². The molecule has 1 aromatic heterocycles. The van der Waals surface area contributed by atoms with E-state index >= 15 is 0 Å².